The Morgan fingerprint density at radius 3 is 2.74 bits per heavy atom. The monoisotopic (exact) mass is 373 g/mol. The van der Waals surface area contributed by atoms with Crippen LogP contribution in [0, 0.1) is 16.4 Å². The molecule has 0 bridgehead atoms. The summed E-state index contributed by atoms with van der Waals surface area (Å²) in [6, 6.07) is 5.80. The Morgan fingerprint density at radius 1 is 1.37 bits per heavy atom. The van der Waals surface area contributed by atoms with E-state index in [0.717, 1.165) is 46.9 Å². The molecule has 1 aliphatic carbocycles. The van der Waals surface area contributed by atoms with E-state index in [1.807, 2.05) is 25.1 Å². The first-order chi connectivity index (χ1) is 9.08. The Morgan fingerprint density at radius 2 is 2.05 bits per heavy atom. The predicted octanol–water partition coefficient (Wildman–Crippen LogP) is 2.88. The molecular weight excluding hydrogens is 353 g/mol. The fourth-order valence-electron chi connectivity index (χ4n) is 2.50. The zero-order valence-corrected chi connectivity index (χ0v) is 13.3. The average Bonchev–Trinajstić information content (AvgIpc) is 2.41. The topological polar surface area (TPSA) is 49.3 Å². The fourth-order valence-corrected chi connectivity index (χ4v) is 3.11. The van der Waals surface area contributed by atoms with E-state index in [2.05, 4.69) is 27.9 Å². The third-order valence-corrected chi connectivity index (χ3v) is 5.24. The van der Waals surface area contributed by atoms with E-state index in [1.54, 1.807) is 0 Å². The van der Waals surface area contributed by atoms with Gasteiger partial charge >= 0.3 is 0 Å². The first kappa shape index (κ1) is 14.8. The minimum Gasteiger partial charge on any atom is -0.393 e. The van der Waals surface area contributed by atoms with E-state index >= 15 is 0 Å². The van der Waals surface area contributed by atoms with Gasteiger partial charge in [-0.3, -0.25) is 4.79 Å². The molecule has 104 valence electrons. The molecule has 0 unspecified atom stereocenters. The van der Waals surface area contributed by atoms with Crippen molar-refractivity contribution in [1.29, 1.82) is 0 Å². The zero-order chi connectivity index (χ0) is 13.8. The molecule has 1 fully saturated rings. The smallest absolute Gasteiger partial charge is 0.252 e. The van der Waals surface area contributed by atoms with Gasteiger partial charge in [-0.15, -0.1) is 0 Å². The van der Waals surface area contributed by atoms with Gasteiger partial charge in [0.15, 0.2) is 0 Å². The number of halogens is 1. The lowest BCUT2D eigenvalue weighted by Gasteiger charge is -2.25. The summed E-state index contributed by atoms with van der Waals surface area (Å²) in [6.45, 7) is 2.73. The Labute approximate surface area is 127 Å². The molecule has 0 heterocycles. The number of hydrogen-bond donors (Lipinski definition) is 2. The summed E-state index contributed by atoms with van der Waals surface area (Å²) in [7, 11) is 0. The molecule has 2 rings (SSSR count). The van der Waals surface area contributed by atoms with Crippen LogP contribution in [0.25, 0.3) is 0 Å². The molecule has 0 spiro atoms. The van der Waals surface area contributed by atoms with Gasteiger partial charge in [0.2, 0.25) is 0 Å². The number of rotatable bonds is 3. The van der Waals surface area contributed by atoms with Crippen LogP contribution in [0.3, 0.4) is 0 Å². The van der Waals surface area contributed by atoms with Gasteiger partial charge in [0.05, 0.1) is 11.7 Å². The predicted molar refractivity (Wildman–Crippen MR) is 84.2 cm³/mol. The van der Waals surface area contributed by atoms with Crippen LogP contribution in [0.4, 0.5) is 0 Å². The molecule has 2 N–H and O–H groups in total. The van der Waals surface area contributed by atoms with Gasteiger partial charge in [0, 0.05) is 10.1 Å². The van der Waals surface area contributed by atoms with Gasteiger partial charge in [0.25, 0.3) is 5.91 Å². The van der Waals surface area contributed by atoms with Gasteiger partial charge in [0.1, 0.15) is 0 Å². The summed E-state index contributed by atoms with van der Waals surface area (Å²) >= 11 is 2.22. The Balaban J connectivity index is 1.89. The highest BCUT2D eigenvalue weighted by Crippen LogP contribution is 2.23. The van der Waals surface area contributed by atoms with Gasteiger partial charge < -0.3 is 10.4 Å². The molecule has 0 aliphatic heterocycles. The molecule has 1 aromatic rings. The lowest BCUT2D eigenvalue weighted by molar-refractivity contribution is 0.0909. The van der Waals surface area contributed by atoms with E-state index in [1.165, 1.54) is 0 Å². The van der Waals surface area contributed by atoms with Crippen molar-refractivity contribution in [3.63, 3.8) is 0 Å². The maximum absolute atomic E-state index is 12.2. The standard InChI is InChI=1S/C15H20INO2/c1-10-3-2-4-13(14(10)16)15(19)17-9-11-5-7-12(18)8-6-11/h2-4,11-12,18H,5-9H2,1H3,(H,17,19). The number of aliphatic hydroxyl groups is 1. The molecule has 4 heteroatoms. The van der Waals surface area contributed by atoms with Crippen LogP contribution in [0.2, 0.25) is 0 Å². The molecule has 0 saturated heterocycles. The maximum Gasteiger partial charge on any atom is 0.252 e. The number of carbonyl (C=O) groups is 1. The molecule has 19 heavy (non-hydrogen) atoms. The van der Waals surface area contributed by atoms with Crippen molar-refractivity contribution in [3.05, 3.63) is 32.9 Å². The molecule has 1 aliphatic rings. The number of aliphatic hydroxyl groups excluding tert-OH is 1. The first-order valence-corrected chi connectivity index (χ1v) is 7.87. The second-order valence-electron chi connectivity index (χ2n) is 5.32. The molecule has 0 aromatic heterocycles. The van der Waals surface area contributed by atoms with Crippen LogP contribution in [0.1, 0.15) is 41.6 Å². The van der Waals surface area contributed by atoms with E-state index in [-0.39, 0.29) is 12.0 Å². The highest BCUT2D eigenvalue weighted by atomic mass is 127. The fraction of sp³-hybridized carbons (Fsp3) is 0.533. The number of nitrogens with one attached hydrogen (secondary N) is 1. The summed E-state index contributed by atoms with van der Waals surface area (Å²) in [5, 5.41) is 12.5. The van der Waals surface area contributed by atoms with Gasteiger partial charge in [-0.1, -0.05) is 12.1 Å². The lowest BCUT2D eigenvalue weighted by atomic mass is 9.87. The van der Waals surface area contributed by atoms with E-state index in [9.17, 15) is 9.90 Å². The highest BCUT2D eigenvalue weighted by Gasteiger charge is 2.20. The second kappa shape index (κ2) is 6.70. The van der Waals surface area contributed by atoms with Gasteiger partial charge in [-0.25, -0.2) is 0 Å². The van der Waals surface area contributed by atoms with Crippen molar-refractivity contribution < 1.29 is 9.90 Å². The molecule has 0 radical (unpaired) electrons. The molecule has 1 saturated carbocycles. The number of carbonyl (C=O) groups excluding carboxylic acids is 1. The summed E-state index contributed by atoms with van der Waals surface area (Å²) < 4.78 is 1.02. The summed E-state index contributed by atoms with van der Waals surface area (Å²) in [4.78, 5) is 12.2. The van der Waals surface area contributed by atoms with Crippen LogP contribution in [-0.2, 0) is 0 Å². The van der Waals surface area contributed by atoms with Gasteiger partial charge in [-0.05, 0) is 72.7 Å². The second-order valence-corrected chi connectivity index (χ2v) is 6.40. The Hall–Kier alpha value is -0.620. The largest absolute Gasteiger partial charge is 0.393 e. The van der Waals surface area contributed by atoms with E-state index < -0.39 is 0 Å². The van der Waals surface area contributed by atoms with E-state index in [0.29, 0.717) is 5.92 Å². The molecule has 1 aromatic carbocycles. The van der Waals surface area contributed by atoms with Crippen molar-refractivity contribution in [2.24, 2.45) is 5.92 Å². The lowest BCUT2D eigenvalue weighted by Crippen LogP contribution is -2.32. The van der Waals surface area contributed by atoms with Crippen molar-refractivity contribution in [2.45, 2.75) is 38.7 Å². The normalized spacial score (nSPS) is 23.1. The number of hydrogen-bond acceptors (Lipinski definition) is 2. The summed E-state index contributed by atoms with van der Waals surface area (Å²) in [6.07, 6.45) is 3.61. The number of amides is 1. The van der Waals surface area contributed by atoms with Crippen molar-refractivity contribution in [2.75, 3.05) is 6.54 Å². The third kappa shape index (κ3) is 3.92. The van der Waals surface area contributed by atoms with Crippen LogP contribution < -0.4 is 5.32 Å². The van der Waals surface area contributed by atoms with Crippen molar-refractivity contribution in [3.8, 4) is 0 Å². The van der Waals surface area contributed by atoms with Gasteiger partial charge in [-0.2, -0.15) is 0 Å². The SMILES string of the molecule is Cc1cccc(C(=O)NCC2CCC(O)CC2)c1I. The summed E-state index contributed by atoms with van der Waals surface area (Å²) in [5.74, 6) is 0.522. The summed E-state index contributed by atoms with van der Waals surface area (Å²) in [5.41, 5.74) is 1.89. The molecular formula is C15H20INO2. The minimum atomic E-state index is -0.135. The van der Waals surface area contributed by atoms with Crippen LogP contribution in [-0.4, -0.2) is 23.7 Å². The number of aryl methyl sites for hydroxylation is 1. The van der Waals surface area contributed by atoms with Crippen LogP contribution in [0.5, 0.6) is 0 Å². The zero-order valence-electron chi connectivity index (χ0n) is 11.2. The minimum absolute atomic E-state index is 0.0132. The average molecular weight is 373 g/mol. The third-order valence-electron chi connectivity index (χ3n) is 3.80. The van der Waals surface area contributed by atoms with Crippen LogP contribution in [0.15, 0.2) is 18.2 Å². The van der Waals surface area contributed by atoms with Crippen LogP contribution >= 0.6 is 22.6 Å². The molecule has 0 atom stereocenters. The Bertz CT molecular complexity index is 453. The van der Waals surface area contributed by atoms with Crippen molar-refractivity contribution in [1.82, 2.24) is 5.32 Å². The molecule has 3 nitrogen and oxygen atoms in total. The van der Waals surface area contributed by atoms with E-state index in [4.69, 9.17) is 0 Å². The Kier molecular flexibility index (Phi) is 5.21. The van der Waals surface area contributed by atoms with Crippen molar-refractivity contribution >= 4 is 28.5 Å². The maximum atomic E-state index is 12.2. The highest BCUT2D eigenvalue weighted by molar-refractivity contribution is 14.1. The number of benzene rings is 1. The first-order valence-electron chi connectivity index (χ1n) is 6.79. The quantitative estimate of drug-likeness (QED) is 0.801. The molecule has 1 amide bonds.